The maximum atomic E-state index is 12.8. The summed E-state index contributed by atoms with van der Waals surface area (Å²) >= 11 is 5.95. The van der Waals surface area contributed by atoms with Crippen molar-refractivity contribution in [1.29, 1.82) is 0 Å². The van der Waals surface area contributed by atoms with Crippen molar-refractivity contribution in [3.8, 4) is 0 Å². The fraction of sp³-hybridized carbons (Fsp3) is 0.278. The molecule has 1 aliphatic heterocycles. The highest BCUT2D eigenvalue weighted by Crippen LogP contribution is 2.27. The van der Waals surface area contributed by atoms with Crippen LogP contribution in [0, 0.1) is 10.1 Å². The number of benzene rings is 2. The smallest absolute Gasteiger partial charge is 0.270 e. The van der Waals surface area contributed by atoms with Crippen molar-refractivity contribution in [1.82, 2.24) is 4.90 Å². The van der Waals surface area contributed by atoms with Gasteiger partial charge in [-0.15, -0.1) is 0 Å². The van der Waals surface area contributed by atoms with Crippen molar-refractivity contribution in [2.45, 2.75) is 0 Å². The third kappa shape index (κ3) is 4.12. The largest absolute Gasteiger partial charge is 0.368 e. The van der Waals surface area contributed by atoms with Crippen LogP contribution in [0.2, 0.25) is 5.02 Å². The predicted molar refractivity (Wildman–Crippen MR) is 102 cm³/mol. The van der Waals surface area contributed by atoms with E-state index in [1.165, 1.54) is 12.1 Å². The second-order valence-electron chi connectivity index (χ2n) is 6.21. The van der Waals surface area contributed by atoms with E-state index in [-0.39, 0.29) is 11.3 Å². The monoisotopic (exact) mass is 374 g/mol. The number of amides is 1. The molecule has 2 aromatic carbocycles. The number of piperazine rings is 1. The Hall–Kier alpha value is -2.64. The summed E-state index contributed by atoms with van der Waals surface area (Å²) in [4.78, 5) is 27.7. The fourth-order valence-corrected chi connectivity index (χ4v) is 3.10. The first-order valence-electron chi connectivity index (χ1n) is 8.23. The van der Waals surface area contributed by atoms with Crippen LogP contribution >= 0.6 is 11.6 Å². The van der Waals surface area contributed by atoms with E-state index in [2.05, 4.69) is 15.1 Å². The third-order valence-electron chi connectivity index (χ3n) is 4.36. The molecule has 0 aromatic heterocycles. The number of anilines is 2. The molecule has 0 aliphatic carbocycles. The van der Waals surface area contributed by atoms with Crippen molar-refractivity contribution < 1.29 is 9.72 Å². The molecule has 1 aliphatic rings. The number of halogens is 1. The van der Waals surface area contributed by atoms with Crippen LogP contribution in [0.15, 0.2) is 42.5 Å². The van der Waals surface area contributed by atoms with E-state index in [0.29, 0.717) is 16.4 Å². The summed E-state index contributed by atoms with van der Waals surface area (Å²) in [5.74, 6) is -0.398. The number of hydrogen-bond donors (Lipinski definition) is 1. The van der Waals surface area contributed by atoms with E-state index in [9.17, 15) is 14.9 Å². The first-order valence-corrected chi connectivity index (χ1v) is 8.60. The molecular formula is C18H19ClN4O3. The molecule has 0 bridgehead atoms. The van der Waals surface area contributed by atoms with Gasteiger partial charge in [-0.2, -0.15) is 0 Å². The molecule has 0 radical (unpaired) electrons. The highest BCUT2D eigenvalue weighted by molar-refractivity contribution is 6.31. The SMILES string of the molecule is CN1CCN(c2ccc([N+](=O)[O-])cc2C(=O)Nc2cccc(Cl)c2)CC1. The van der Waals surface area contributed by atoms with Crippen molar-refractivity contribution in [2.24, 2.45) is 0 Å². The van der Waals surface area contributed by atoms with Gasteiger partial charge in [-0.25, -0.2) is 0 Å². The Morgan fingerprint density at radius 2 is 1.88 bits per heavy atom. The molecule has 1 saturated heterocycles. The van der Waals surface area contributed by atoms with Gasteiger partial charge in [0.15, 0.2) is 0 Å². The van der Waals surface area contributed by atoms with Crippen LogP contribution in [0.5, 0.6) is 0 Å². The Labute approximate surface area is 156 Å². The van der Waals surface area contributed by atoms with Gasteiger partial charge in [0, 0.05) is 49.0 Å². The zero-order valence-corrected chi connectivity index (χ0v) is 15.1. The van der Waals surface area contributed by atoms with Gasteiger partial charge >= 0.3 is 0 Å². The minimum absolute atomic E-state index is 0.112. The quantitative estimate of drug-likeness (QED) is 0.656. The predicted octanol–water partition coefficient (Wildman–Crippen LogP) is 3.25. The van der Waals surface area contributed by atoms with E-state index in [1.54, 1.807) is 30.3 Å². The van der Waals surface area contributed by atoms with Crippen molar-refractivity contribution in [2.75, 3.05) is 43.4 Å². The Bertz CT molecular complexity index is 835. The van der Waals surface area contributed by atoms with Crippen LogP contribution in [0.25, 0.3) is 0 Å². The Morgan fingerprint density at radius 1 is 1.15 bits per heavy atom. The molecule has 3 rings (SSSR count). The summed E-state index contributed by atoms with van der Waals surface area (Å²) in [6.45, 7) is 3.25. The van der Waals surface area contributed by atoms with Gasteiger partial charge in [0.1, 0.15) is 0 Å². The fourth-order valence-electron chi connectivity index (χ4n) is 2.91. The van der Waals surface area contributed by atoms with Crippen LogP contribution < -0.4 is 10.2 Å². The number of carbonyl (C=O) groups excluding carboxylic acids is 1. The van der Waals surface area contributed by atoms with E-state index in [4.69, 9.17) is 11.6 Å². The number of nitro benzene ring substituents is 1. The summed E-state index contributed by atoms with van der Waals surface area (Å²) in [6.07, 6.45) is 0. The van der Waals surface area contributed by atoms with Gasteiger partial charge in [0.05, 0.1) is 16.2 Å². The van der Waals surface area contributed by atoms with Crippen LogP contribution in [0.4, 0.5) is 17.1 Å². The van der Waals surface area contributed by atoms with E-state index in [0.717, 1.165) is 26.2 Å². The van der Waals surface area contributed by atoms with E-state index in [1.807, 2.05) is 7.05 Å². The van der Waals surface area contributed by atoms with Crippen molar-refractivity contribution in [3.05, 3.63) is 63.2 Å². The van der Waals surface area contributed by atoms with Crippen LogP contribution in [-0.2, 0) is 0 Å². The molecule has 0 unspecified atom stereocenters. The van der Waals surface area contributed by atoms with Gasteiger partial charge in [-0.05, 0) is 31.3 Å². The number of nitrogens with one attached hydrogen (secondary N) is 1. The molecule has 26 heavy (non-hydrogen) atoms. The Kier molecular flexibility index (Phi) is 5.39. The summed E-state index contributed by atoms with van der Waals surface area (Å²) < 4.78 is 0. The molecule has 1 heterocycles. The normalized spacial score (nSPS) is 14.9. The zero-order valence-electron chi connectivity index (χ0n) is 14.3. The molecule has 1 amide bonds. The minimum Gasteiger partial charge on any atom is -0.368 e. The molecule has 1 N–H and O–H groups in total. The highest BCUT2D eigenvalue weighted by Gasteiger charge is 2.23. The van der Waals surface area contributed by atoms with Crippen molar-refractivity contribution in [3.63, 3.8) is 0 Å². The number of likely N-dealkylation sites (N-methyl/N-ethyl adjacent to an activating group) is 1. The van der Waals surface area contributed by atoms with Crippen LogP contribution in [0.3, 0.4) is 0 Å². The van der Waals surface area contributed by atoms with E-state index < -0.39 is 10.8 Å². The van der Waals surface area contributed by atoms with Gasteiger partial charge in [0.25, 0.3) is 11.6 Å². The summed E-state index contributed by atoms with van der Waals surface area (Å²) in [5.41, 5.74) is 1.41. The lowest BCUT2D eigenvalue weighted by molar-refractivity contribution is -0.384. The topological polar surface area (TPSA) is 78.7 Å². The number of carbonyl (C=O) groups is 1. The maximum Gasteiger partial charge on any atom is 0.270 e. The van der Waals surface area contributed by atoms with Gasteiger partial charge in [-0.1, -0.05) is 17.7 Å². The van der Waals surface area contributed by atoms with Crippen LogP contribution in [0.1, 0.15) is 10.4 Å². The first kappa shape index (κ1) is 18.2. The second-order valence-corrected chi connectivity index (χ2v) is 6.65. The molecule has 1 fully saturated rings. The van der Waals surface area contributed by atoms with Gasteiger partial charge < -0.3 is 15.1 Å². The molecule has 8 heteroatoms. The maximum absolute atomic E-state index is 12.8. The molecule has 0 saturated carbocycles. The lowest BCUT2D eigenvalue weighted by atomic mass is 10.1. The van der Waals surface area contributed by atoms with E-state index >= 15 is 0 Å². The molecule has 2 aromatic rings. The second kappa shape index (κ2) is 7.72. The molecule has 0 atom stereocenters. The third-order valence-corrected chi connectivity index (χ3v) is 4.60. The van der Waals surface area contributed by atoms with Gasteiger partial charge in [-0.3, -0.25) is 14.9 Å². The number of non-ortho nitro benzene ring substituents is 1. The summed E-state index contributed by atoms with van der Waals surface area (Å²) in [7, 11) is 2.04. The number of nitrogens with zero attached hydrogens (tertiary/aromatic N) is 3. The number of hydrogen-bond acceptors (Lipinski definition) is 5. The van der Waals surface area contributed by atoms with Crippen molar-refractivity contribution >= 4 is 34.6 Å². The molecule has 7 nitrogen and oxygen atoms in total. The summed E-state index contributed by atoms with van der Waals surface area (Å²) in [6, 6.07) is 11.2. The average molecular weight is 375 g/mol. The Balaban J connectivity index is 1.92. The highest BCUT2D eigenvalue weighted by atomic mass is 35.5. The lowest BCUT2D eigenvalue weighted by Crippen LogP contribution is -2.45. The number of rotatable bonds is 4. The first-order chi connectivity index (χ1) is 12.4. The minimum atomic E-state index is -0.496. The number of nitro groups is 1. The average Bonchev–Trinajstić information content (AvgIpc) is 2.62. The zero-order chi connectivity index (χ0) is 18.7. The summed E-state index contributed by atoms with van der Waals surface area (Å²) in [5, 5.41) is 14.4. The Morgan fingerprint density at radius 3 is 2.54 bits per heavy atom. The molecular weight excluding hydrogens is 356 g/mol. The standard InChI is InChI=1S/C18H19ClN4O3/c1-21-7-9-22(10-8-21)17-6-5-15(23(25)26)12-16(17)18(24)20-14-4-2-3-13(19)11-14/h2-6,11-12H,7-10H2,1H3,(H,20,24). The molecule has 136 valence electrons. The molecule has 0 spiro atoms. The van der Waals surface area contributed by atoms with Gasteiger partial charge in [0.2, 0.25) is 0 Å². The lowest BCUT2D eigenvalue weighted by Gasteiger charge is -2.34. The van der Waals surface area contributed by atoms with Crippen LogP contribution in [-0.4, -0.2) is 49.0 Å².